The Labute approximate surface area is 140 Å². The molecule has 0 spiro atoms. The summed E-state index contributed by atoms with van der Waals surface area (Å²) < 4.78 is 16.2. The highest BCUT2D eigenvalue weighted by molar-refractivity contribution is 5.99. The number of carbonyl (C=O) groups excluding carboxylic acids is 1. The number of fused-ring (bicyclic) bond motifs is 1. The molecule has 0 N–H and O–H groups in total. The van der Waals surface area contributed by atoms with Crippen molar-refractivity contribution in [1.82, 2.24) is 10.1 Å². The molecule has 6 nitrogen and oxygen atoms in total. The molecule has 1 aromatic carbocycles. The quantitative estimate of drug-likeness (QED) is 0.844. The molecule has 6 heteroatoms. The highest BCUT2D eigenvalue weighted by Crippen LogP contribution is 2.30. The molecule has 126 valence electrons. The van der Waals surface area contributed by atoms with E-state index in [0.717, 1.165) is 28.5 Å². The number of aromatic nitrogens is 1. The molecule has 0 radical (unpaired) electrons. The van der Waals surface area contributed by atoms with E-state index in [4.69, 9.17) is 14.0 Å². The van der Waals surface area contributed by atoms with Crippen LogP contribution in [0.4, 0.5) is 0 Å². The lowest BCUT2D eigenvalue weighted by Gasteiger charge is -2.22. The standard InChI is InChI=1S/C18H20N2O4/c1-4-22-16-5-6-17-13(9-16)8-14(11-23-17)18(21)20(3)10-15-7-12(2)24-19-15/h5-9H,4,10-11H2,1-3H3. The summed E-state index contributed by atoms with van der Waals surface area (Å²) >= 11 is 0. The second-order valence-corrected chi connectivity index (χ2v) is 5.68. The number of rotatable bonds is 5. The molecule has 1 aromatic heterocycles. The molecule has 3 rings (SSSR count). The normalized spacial score (nSPS) is 12.9. The Morgan fingerprint density at radius 3 is 2.92 bits per heavy atom. The zero-order valence-corrected chi connectivity index (χ0v) is 14.0. The minimum atomic E-state index is -0.0943. The molecule has 1 aliphatic rings. The van der Waals surface area contributed by atoms with Crippen LogP contribution in [-0.4, -0.2) is 36.2 Å². The van der Waals surface area contributed by atoms with E-state index in [1.54, 1.807) is 11.9 Å². The van der Waals surface area contributed by atoms with Gasteiger partial charge in [-0.15, -0.1) is 0 Å². The summed E-state index contributed by atoms with van der Waals surface area (Å²) in [6.07, 6.45) is 1.86. The first-order valence-corrected chi connectivity index (χ1v) is 7.84. The van der Waals surface area contributed by atoms with Gasteiger partial charge in [0, 0.05) is 18.7 Å². The molecule has 1 aliphatic heterocycles. The van der Waals surface area contributed by atoms with Gasteiger partial charge in [0.25, 0.3) is 5.91 Å². The molecule has 0 saturated carbocycles. The van der Waals surface area contributed by atoms with Crippen molar-refractivity contribution in [2.24, 2.45) is 0 Å². The monoisotopic (exact) mass is 328 g/mol. The number of likely N-dealkylation sites (N-methyl/N-ethyl adjacent to an activating group) is 1. The summed E-state index contributed by atoms with van der Waals surface area (Å²) in [5.41, 5.74) is 2.17. The summed E-state index contributed by atoms with van der Waals surface area (Å²) in [6, 6.07) is 7.42. The Morgan fingerprint density at radius 1 is 1.38 bits per heavy atom. The van der Waals surface area contributed by atoms with Crippen LogP contribution in [0.25, 0.3) is 6.08 Å². The van der Waals surface area contributed by atoms with Crippen LogP contribution in [0.5, 0.6) is 11.5 Å². The van der Waals surface area contributed by atoms with Gasteiger partial charge in [-0.2, -0.15) is 0 Å². The van der Waals surface area contributed by atoms with Crippen LogP contribution in [0.1, 0.15) is 23.9 Å². The number of ether oxygens (including phenoxy) is 2. The molecule has 0 atom stereocenters. The Hall–Kier alpha value is -2.76. The van der Waals surface area contributed by atoms with E-state index in [9.17, 15) is 4.79 Å². The van der Waals surface area contributed by atoms with Gasteiger partial charge in [0.15, 0.2) is 0 Å². The average molecular weight is 328 g/mol. The highest BCUT2D eigenvalue weighted by atomic mass is 16.5. The topological polar surface area (TPSA) is 64.8 Å². The Balaban J connectivity index is 1.76. The fourth-order valence-electron chi connectivity index (χ4n) is 2.59. The molecular formula is C18H20N2O4. The first kappa shape index (κ1) is 16.1. The van der Waals surface area contributed by atoms with E-state index in [-0.39, 0.29) is 12.5 Å². The lowest BCUT2D eigenvalue weighted by atomic mass is 10.1. The molecular weight excluding hydrogens is 308 g/mol. The minimum Gasteiger partial charge on any atom is -0.494 e. The van der Waals surface area contributed by atoms with Gasteiger partial charge in [0.2, 0.25) is 0 Å². The van der Waals surface area contributed by atoms with Gasteiger partial charge in [-0.25, -0.2) is 0 Å². The predicted octanol–water partition coefficient (Wildman–Crippen LogP) is 2.82. The number of hydrogen-bond acceptors (Lipinski definition) is 5. The van der Waals surface area contributed by atoms with Gasteiger partial charge in [0.1, 0.15) is 29.6 Å². The first-order valence-electron chi connectivity index (χ1n) is 7.84. The van der Waals surface area contributed by atoms with Crippen LogP contribution in [0.15, 0.2) is 34.4 Å². The van der Waals surface area contributed by atoms with Crippen LogP contribution < -0.4 is 9.47 Å². The molecule has 0 aliphatic carbocycles. The van der Waals surface area contributed by atoms with Gasteiger partial charge in [-0.1, -0.05) is 5.16 Å². The SMILES string of the molecule is CCOc1ccc2c(c1)C=C(C(=O)N(C)Cc1cc(C)on1)CO2. The summed E-state index contributed by atoms with van der Waals surface area (Å²) in [4.78, 5) is 14.2. The Bertz CT molecular complexity index is 779. The minimum absolute atomic E-state index is 0.0943. The number of aryl methyl sites for hydroxylation is 1. The fourth-order valence-corrected chi connectivity index (χ4v) is 2.59. The average Bonchev–Trinajstić information content (AvgIpc) is 2.98. The van der Waals surface area contributed by atoms with E-state index in [2.05, 4.69) is 5.16 Å². The zero-order valence-electron chi connectivity index (χ0n) is 14.0. The third-order valence-electron chi connectivity index (χ3n) is 3.70. The van der Waals surface area contributed by atoms with Crippen molar-refractivity contribution >= 4 is 12.0 Å². The van der Waals surface area contributed by atoms with E-state index < -0.39 is 0 Å². The van der Waals surface area contributed by atoms with Crippen LogP contribution in [0.3, 0.4) is 0 Å². The number of carbonyl (C=O) groups is 1. The highest BCUT2D eigenvalue weighted by Gasteiger charge is 2.21. The summed E-state index contributed by atoms with van der Waals surface area (Å²) in [7, 11) is 1.74. The molecule has 1 amide bonds. The summed E-state index contributed by atoms with van der Waals surface area (Å²) in [5.74, 6) is 2.15. The van der Waals surface area contributed by atoms with Crippen LogP contribution in [0.2, 0.25) is 0 Å². The maximum absolute atomic E-state index is 12.6. The molecule has 0 fully saturated rings. The summed E-state index contributed by atoms with van der Waals surface area (Å²) in [6.45, 7) is 4.99. The largest absolute Gasteiger partial charge is 0.494 e. The molecule has 2 aromatic rings. The molecule has 24 heavy (non-hydrogen) atoms. The molecule has 0 bridgehead atoms. The van der Waals surface area contributed by atoms with Crippen molar-refractivity contribution < 1.29 is 18.8 Å². The maximum Gasteiger partial charge on any atom is 0.253 e. The molecule has 0 unspecified atom stereocenters. The third-order valence-corrected chi connectivity index (χ3v) is 3.70. The van der Waals surface area contributed by atoms with E-state index >= 15 is 0 Å². The van der Waals surface area contributed by atoms with Crippen LogP contribution in [0, 0.1) is 6.92 Å². The van der Waals surface area contributed by atoms with Crippen molar-refractivity contribution in [2.45, 2.75) is 20.4 Å². The van der Waals surface area contributed by atoms with Crippen LogP contribution >= 0.6 is 0 Å². The summed E-state index contributed by atoms with van der Waals surface area (Å²) in [5, 5.41) is 3.92. The van der Waals surface area contributed by atoms with Crippen molar-refractivity contribution in [1.29, 1.82) is 0 Å². The van der Waals surface area contributed by atoms with E-state index in [1.807, 2.05) is 44.2 Å². The smallest absolute Gasteiger partial charge is 0.253 e. The van der Waals surface area contributed by atoms with Gasteiger partial charge in [-0.05, 0) is 38.1 Å². The van der Waals surface area contributed by atoms with E-state index in [0.29, 0.717) is 18.7 Å². The first-order chi connectivity index (χ1) is 11.6. The van der Waals surface area contributed by atoms with Crippen molar-refractivity contribution in [3.63, 3.8) is 0 Å². The number of hydrogen-bond donors (Lipinski definition) is 0. The fraction of sp³-hybridized carbons (Fsp3) is 0.333. The Morgan fingerprint density at radius 2 is 2.21 bits per heavy atom. The van der Waals surface area contributed by atoms with Gasteiger partial charge in [-0.3, -0.25) is 4.79 Å². The maximum atomic E-state index is 12.6. The van der Waals surface area contributed by atoms with Crippen molar-refractivity contribution in [3.05, 3.63) is 46.9 Å². The number of amides is 1. The second-order valence-electron chi connectivity index (χ2n) is 5.68. The van der Waals surface area contributed by atoms with Crippen molar-refractivity contribution in [3.8, 4) is 11.5 Å². The predicted molar refractivity (Wildman–Crippen MR) is 88.8 cm³/mol. The van der Waals surface area contributed by atoms with Gasteiger partial charge in [0.05, 0.1) is 18.7 Å². The van der Waals surface area contributed by atoms with E-state index in [1.165, 1.54) is 0 Å². The Kier molecular flexibility index (Phi) is 4.55. The molecule has 2 heterocycles. The second kappa shape index (κ2) is 6.78. The third kappa shape index (κ3) is 3.42. The van der Waals surface area contributed by atoms with Gasteiger partial charge < -0.3 is 18.9 Å². The van der Waals surface area contributed by atoms with Crippen LogP contribution in [-0.2, 0) is 11.3 Å². The molecule has 0 saturated heterocycles. The number of nitrogens with zero attached hydrogens (tertiary/aromatic N) is 2. The lowest BCUT2D eigenvalue weighted by Crippen LogP contribution is -2.30. The van der Waals surface area contributed by atoms with Gasteiger partial charge >= 0.3 is 0 Å². The lowest BCUT2D eigenvalue weighted by molar-refractivity contribution is -0.126. The number of benzene rings is 1. The zero-order chi connectivity index (χ0) is 17.1. The van der Waals surface area contributed by atoms with Crippen molar-refractivity contribution in [2.75, 3.05) is 20.3 Å².